The lowest BCUT2D eigenvalue weighted by Gasteiger charge is -2.36. The minimum Gasteiger partial charge on any atom is -0.391 e. The van der Waals surface area contributed by atoms with Crippen LogP contribution < -0.4 is 9.62 Å². The van der Waals surface area contributed by atoms with E-state index in [2.05, 4.69) is 4.72 Å². The monoisotopic (exact) mass is 310 g/mol. The van der Waals surface area contributed by atoms with Crippen LogP contribution in [0.3, 0.4) is 0 Å². The Bertz CT molecular complexity index is 613. The Morgan fingerprint density at radius 1 is 1.24 bits per heavy atom. The molecule has 1 saturated carbocycles. The zero-order valence-electron chi connectivity index (χ0n) is 12.2. The van der Waals surface area contributed by atoms with Crippen LogP contribution in [0.4, 0.5) is 5.69 Å². The minimum atomic E-state index is -3.48. The molecule has 0 bridgehead atoms. The fraction of sp³-hybridized carbons (Fsp3) is 0.600. The van der Waals surface area contributed by atoms with Crippen molar-refractivity contribution < 1.29 is 13.5 Å². The van der Waals surface area contributed by atoms with Gasteiger partial charge in [-0.3, -0.25) is 0 Å². The maximum atomic E-state index is 12.5. The maximum Gasteiger partial charge on any atom is 0.242 e. The molecule has 0 spiro atoms. The number of benzene rings is 1. The van der Waals surface area contributed by atoms with Crippen molar-refractivity contribution in [2.45, 2.75) is 43.2 Å². The van der Waals surface area contributed by atoms with Gasteiger partial charge in [0.15, 0.2) is 0 Å². The first-order chi connectivity index (χ1) is 9.97. The van der Waals surface area contributed by atoms with E-state index >= 15 is 0 Å². The van der Waals surface area contributed by atoms with Gasteiger partial charge >= 0.3 is 0 Å². The molecule has 0 aromatic heterocycles. The van der Waals surface area contributed by atoms with Crippen LogP contribution >= 0.6 is 0 Å². The second kappa shape index (κ2) is 5.59. The van der Waals surface area contributed by atoms with Crippen LogP contribution in [-0.2, 0) is 10.0 Å². The van der Waals surface area contributed by atoms with Gasteiger partial charge in [0.2, 0.25) is 10.0 Å². The summed E-state index contributed by atoms with van der Waals surface area (Å²) in [6.45, 7) is 3.28. The Labute approximate surface area is 126 Å². The van der Waals surface area contributed by atoms with Gasteiger partial charge in [0, 0.05) is 19.1 Å². The zero-order chi connectivity index (χ0) is 15.0. The number of aliphatic hydroxyl groups excluding tert-OH is 1. The van der Waals surface area contributed by atoms with Gasteiger partial charge in [-0.1, -0.05) is 19.1 Å². The van der Waals surface area contributed by atoms with Crippen molar-refractivity contribution in [1.82, 2.24) is 4.72 Å². The topological polar surface area (TPSA) is 69.6 Å². The molecule has 0 radical (unpaired) electrons. The normalized spacial score (nSPS) is 26.9. The number of β-amino-alcohol motifs (C(OH)–C–C–N with tert-alkyl or cyclic N) is 1. The highest BCUT2D eigenvalue weighted by atomic mass is 32.2. The van der Waals surface area contributed by atoms with Gasteiger partial charge in [-0.05, 0) is 37.3 Å². The average molecular weight is 310 g/mol. The van der Waals surface area contributed by atoms with Crippen LogP contribution in [0.5, 0.6) is 0 Å². The zero-order valence-corrected chi connectivity index (χ0v) is 13.0. The number of para-hydroxylation sites is 1. The van der Waals surface area contributed by atoms with E-state index in [1.54, 1.807) is 12.1 Å². The van der Waals surface area contributed by atoms with Crippen LogP contribution in [0.25, 0.3) is 0 Å². The summed E-state index contributed by atoms with van der Waals surface area (Å²) in [4.78, 5) is 2.30. The molecule has 1 aromatic carbocycles. The van der Waals surface area contributed by atoms with Crippen LogP contribution in [0.15, 0.2) is 29.2 Å². The first-order valence-electron chi connectivity index (χ1n) is 7.52. The molecule has 2 N–H and O–H groups in total. The maximum absolute atomic E-state index is 12.5. The van der Waals surface area contributed by atoms with Crippen molar-refractivity contribution in [3.63, 3.8) is 0 Å². The average Bonchev–Trinajstić information content (AvgIpc) is 3.25. The summed E-state index contributed by atoms with van der Waals surface area (Å²) in [5.74, 6) is 0.259. The fourth-order valence-corrected chi connectivity index (χ4v) is 4.23. The molecule has 3 rings (SSSR count). The van der Waals surface area contributed by atoms with E-state index in [4.69, 9.17) is 0 Å². The molecule has 0 amide bonds. The lowest BCUT2D eigenvalue weighted by molar-refractivity contribution is 0.103. The summed E-state index contributed by atoms with van der Waals surface area (Å²) >= 11 is 0. The third-order valence-corrected chi connectivity index (χ3v) is 5.88. The molecule has 6 heteroatoms. The highest BCUT2D eigenvalue weighted by Crippen LogP contribution is 2.30. The summed E-state index contributed by atoms with van der Waals surface area (Å²) in [6.07, 6.45) is 2.29. The molecular weight excluding hydrogens is 288 g/mol. The quantitative estimate of drug-likeness (QED) is 0.880. The molecule has 2 fully saturated rings. The van der Waals surface area contributed by atoms with Crippen LogP contribution in [0.1, 0.15) is 26.2 Å². The summed E-state index contributed by atoms with van der Waals surface area (Å²) in [7, 11) is -3.48. The molecule has 1 aliphatic heterocycles. The molecule has 1 aliphatic carbocycles. The molecular formula is C15H22N2O3S. The van der Waals surface area contributed by atoms with Gasteiger partial charge < -0.3 is 10.0 Å². The number of aliphatic hydroxyl groups is 1. The third kappa shape index (κ3) is 3.22. The molecule has 2 atom stereocenters. The minimum absolute atomic E-state index is 0.0926. The summed E-state index contributed by atoms with van der Waals surface area (Å²) < 4.78 is 27.7. The molecule has 1 saturated heterocycles. The molecule has 2 aliphatic rings. The van der Waals surface area contributed by atoms with Crippen molar-refractivity contribution in [3.05, 3.63) is 24.3 Å². The van der Waals surface area contributed by atoms with E-state index in [1.165, 1.54) is 0 Å². The predicted molar refractivity (Wildman–Crippen MR) is 81.8 cm³/mol. The Hall–Kier alpha value is -1.11. The number of nitrogens with zero attached hydrogens (tertiary/aromatic N) is 1. The number of rotatable bonds is 4. The van der Waals surface area contributed by atoms with E-state index in [1.807, 2.05) is 24.0 Å². The van der Waals surface area contributed by atoms with E-state index in [-0.39, 0.29) is 12.0 Å². The largest absolute Gasteiger partial charge is 0.391 e. The highest BCUT2D eigenvalue weighted by molar-refractivity contribution is 7.89. The summed E-state index contributed by atoms with van der Waals surface area (Å²) in [5.41, 5.74) is 0.691. The Balaban J connectivity index is 1.89. The van der Waals surface area contributed by atoms with Crippen molar-refractivity contribution in [2.75, 3.05) is 18.0 Å². The smallest absolute Gasteiger partial charge is 0.242 e. The second-order valence-corrected chi connectivity index (χ2v) is 7.83. The lowest BCUT2D eigenvalue weighted by atomic mass is 9.96. The van der Waals surface area contributed by atoms with Crippen molar-refractivity contribution in [2.24, 2.45) is 5.92 Å². The molecule has 2 unspecified atom stereocenters. The molecule has 1 heterocycles. The van der Waals surface area contributed by atoms with Gasteiger partial charge in [-0.15, -0.1) is 0 Å². The number of piperidine rings is 1. The SMILES string of the molecule is CC1CCN(c2ccccc2S(=O)(=O)NC2CC2)CC1O. The van der Waals surface area contributed by atoms with Gasteiger partial charge in [0.25, 0.3) is 0 Å². The van der Waals surface area contributed by atoms with E-state index in [9.17, 15) is 13.5 Å². The van der Waals surface area contributed by atoms with Crippen LogP contribution in [0, 0.1) is 5.92 Å². The van der Waals surface area contributed by atoms with Crippen molar-refractivity contribution in [1.29, 1.82) is 0 Å². The predicted octanol–water partition coefficient (Wildman–Crippen LogP) is 1.33. The number of anilines is 1. The first kappa shape index (κ1) is 14.8. The summed E-state index contributed by atoms with van der Waals surface area (Å²) in [5, 5.41) is 10.1. The molecule has 21 heavy (non-hydrogen) atoms. The van der Waals surface area contributed by atoms with E-state index in [0.717, 1.165) is 25.8 Å². The fourth-order valence-electron chi connectivity index (χ4n) is 2.70. The summed E-state index contributed by atoms with van der Waals surface area (Å²) in [6, 6.07) is 7.15. The lowest BCUT2D eigenvalue weighted by Crippen LogP contribution is -2.43. The number of hydrogen-bond acceptors (Lipinski definition) is 4. The third-order valence-electron chi connectivity index (χ3n) is 4.31. The first-order valence-corrected chi connectivity index (χ1v) is 9.00. The Kier molecular flexibility index (Phi) is 3.94. The van der Waals surface area contributed by atoms with Gasteiger partial charge in [0.1, 0.15) is 4.90 Å². The number of sulfonamides is 1. The van der Waals surface area contributed by atoms with Gasteiger partial charge in [0.05, 0.1) is 11.8 Å². The Morgan fingerprint density at radius 3 is 2.62 bits per heavy atom. The van der Waals surface area contributed by atoms with E-state index < -0.39 is 16.1 Å². The van der Waals surface area contributed by atoms with Crippen molar-refractivity contribution in [3.8, 4) is 0 Å². The Morgan fingerprint density at radius 2 is 1.95 bits per heavy atom. The molecule has 116 valence electrons. The van der Waals surface area contributed by atoms with Crippen LogP contribution in [0.2, 0.25) is 0 Å². The highest BCUT2D eigenvalue weighted by Gasteiger charge is 2.32. The van der Waals surface area contributed by atoms with E-state index in [0.29, 0.717) is 17.1 Å². The molecule has 1 aromatic rings. The molecule has 5 nitrogen and oxygen atoms in total. The van der Waals surface area contributed by atoms with Gasteiger partial charge in [-0.2, -0.15) is 0 Å². The van der Waals surface area contributed by atoms with Gasteiger partial charge in [-0.25, -0.2) is 13.1 Å². The van der Waals surface area contributed by atoms with Crippen molar-refractivity contribution >= 4 is 15.7 Å². The number of hydrogen-bond donors (Lipinski definition) is 2. The standard InChI is InChI=1S/C15H22N2O3S/c1-11-8-9-17(10-14(11)18)13-4-2-3-5-15(13)21(19,20)16-12-6-7-12/h2-5,11-12,14,16,18H,6-10H2,1H3. The number of nitrogens with one attached hydrogen (secondary N) is 1. The van der Waals surface area contributed by atoms with Crippen LogP contribution in [-0.4, -0.2) is 38.8 Å². The second-order valence-electron chi connectivity index (χ2n) is 6.14.